The summed E-state index contributed by atoms with van der Waals surface area (Å²) in [7, 11) is 0. The summed E-state index contributed by atoms with van der Waals surface area (Å²) in [6.45, 7) is 3.80. The van der Waals surface area contributed by atoms with Crippen LogP contribution in [0, 0.1) is 11.6 Å². The number of hydrogen-bond acceptors (Lipinski definition) is 1. The standard InChI is InChI=1S/C11H13F2N/c1-3-4-8(2)14-11-6-9(12)5-10(13)7-11/h3-8,14H,1-2H3/b4-3+. The maximum Gasteiger partial charge on any atom is 0.128 e. The number of allylic oxidation sites excluding steroid dienone is 1. The summed E-state index contributed by atoms with van der Waals surface area (Å²) in [6, 6.07) is 3.44. The Labute approximate surface area is 82.4 Å². The lowest BCUT2D eigenvalue weighted by Gasteiger charge is -2.10. The first-order chi connectivity index (χ1) is 6.61. The van der Waals surface area contributed by atoms with Crippen molar-refractivity contribution in [1.29, 1.82) is 0 Å². The van der Waals surface area contributed by atoms with Gasteiger partial charge >= 0.3 is 0 Å². The molecule has 1 aromatic carbocycles. The largest absolute Gasteiger partial charge is 0.379 e. The topological polar surface area (TPSA) is 12.0 Å². The first-order valence-electron chi connectivity index (χ1n) is 4.47. The van der Waals surface area contributed by atoms with Gasteiger partial charge < -0.3 is 5.32 Å². The second-order valence-corrected chi connectivity index (χ2v) is 3.12. The molecule has 0 amide bonds. The molecule has 0 fully saturated rings. The van der Waals surface area contributed by atoms with Crippen molar-refractivity contribution in [2.45, 2.75) is 19.9 Å². The van der Waals surface area contributed by atoms with Gasteiger partial charge in [0.15, 0.2) is 0 Å². The van der Waals surface area contributed by atoms with Crippen LogP contribution in [0.2, 0.25) is 0 Å². The van der Waals surface area contributed by atoms with E-state index in [4.69, 9.17) is 0 Å². The quantitative estimate of drug-likeness (QED) is 0.733. The molecule has 0 saturated heterocycles. The van der Waals surface area contributed by atoms with E-state index < -0.39 is 11.6 Å². The Balaban J connectivity index is 2.76. The molecule has 76 valence electrons. The third-order valence-corrected chi connectivity index (χ3v) is 1.74. The normalized spacial score (nSPS) is 13.1. The van der Waals surface area contributed by atoms with Crippen molar-refractivity contribution in [1.82, 2.24) is 0 Å². The molecule has 1 atom stereocenters. The van der Waals surface area contributed by atoms with Crippen LogP contribution in [0.25, 0.3) is 0 Å². The van der Waals surface area contributed by atoms with Crippen molar-refractivity contribution in [3.8, 4) is 0 Å². The van der Waals surface area contributed by atoms with Crippen LogP contribution >= 0.6 is 0 Å². The number of benzene rings is 1. The predicted molar refractivity (Wildman–Crippen MR) is 54.3 cm³/mol. The van der Waals surface area contributed by atoms with Gasteiger partial charge in [0.1, 0.15) is 11.6 Å². The molecule has 1 unspecified atom stereocenters. The molecule has 1 nitrogen and oxygen atoms in total. The fourth-order valence-corrected chi connectivity index (χ4v) is 1.24. The maximum atomic E-state index is 12.8. The highest BCUT2D eigenvalue weighted by atomic mass is 19.1. The molecule has 0 radical (unpaired) electrons. The summed E-state index contributed by atoms with van der Waals surface area (Å²) in [5.41, 5.74) is 0.452. The van der Waals surface area contributed by atoms with Crippen molar-refractivity contribution < 1.29 is 8.78 Å². The second-order valence-electron chi connectivity index (χ2n) is 3.12. The summed E-state index contributed by atoms with van der Waals surface area (Å²) in [6.07, 6.45) is 3.79. The van der Waals surface area contributed by atoms with Gasteiger partial charge in [0.25, 0.3) is 0 Å². The number of halogens is 2. The van der Waals surface area contributed by atoms with E-state index in [2.05, 4.69) is 5.32 Å². The average Bonchev–Trinajstić information content (AvgIpc) is 2.01. The molecule has 1 aromatic rings. The molecule has 0 spiro atoms. The fourth-order valence-electron chi connectivity index (χ4n) is 1.24. The van der Waals surface area contributed by atoms with Crippen LogP contribution < -0.4 is 5.32 Å². The van der Waals surface area contributed by atoms with Crippen LogP contribution in [0.3, 0.4) is 0 Å². The number of anilines is 1. The second kappa shape index (κ2) is 4.74. The van der Waals surface area contributed by atoms with Crippen molar-refractivity contribution in [3.63, 3.8) is 0 Å². The molecule has 0 bridgehead atoms. The molecule has 0 aliphatic heterocycles. The van der Waals surface area contributed by atoms with E-state index in [1.165, 1.54) is 12.1 Å². The number of rotatable bonds is 3. The zero-order chi connectivity index (χ0) is 10.6. The summed E-state index contributed by atoms with van der Waals surface area (Å²) >= 11 is 0. The van der Waals surface area contributed by atoms with Crippen LogP contribution in [0.15, 0.2) is 30.4 Å². The lowest BCUT2D eigenvalue weighted by Crippen LogP contribution is -2.11. The zero-order valence-electron chi connectivity index (χ0n) is 8.22. The highest BCUT2D eigenvalue weighted by Crippen LogP contribution is 2.13. The summed E-state index contributed by atoms with van der Waals surface area (Å²) in [5, 5.41) is 2.96. The Hall–Kier alpha value is -1.38. The van der Waals surface area contributed by atoms with Crippen molar-refractivity contribution >= 4 is 5.69 Å². The van der Waals surface area contributed by atoms with E-state index in [1.807, 2.05) is 26.0 Å². The highest BCUT2D eigenvalue weighted by Gasteiger charge is 2.01. The fraction of sp³-hybridized carbons (Fsp3) is 0.273. The van der Waals surface area contributed by atoms with E-state index in [0.717, 1.165) is 6.07 Å². The Morgan fingerprint density at radius 3 is 2.29 bits per heavy atom. The van der Waals surface area contributed by atoms with Crippen molar-refractivity contribution in [3.05, 3.63) is 42.0 Å². The van der Waals surface area contributed by atoms with Crippen molar-refractivity contribution in [2.24, 2.45) is 0 Å². The molecular formula is C11H13F2N. The molecule has 0 aromatic heterocycles. The first-order valence-corrected chi connectivity index (χ1v) is 4.47. The van der Waals surface area contributed by atoms with Gasteiger partial charge in [-0.05, 0) is 26.0 Å². The number of nitrogens with one attached hydrogen (secondary N) is 1. The smallest absolute Gasteiger partial charge is 0.128 e. The zero-order valence-corrected chi connectivity index (χ0v) is 8.22. The molecular weight excluding hydrogens is 184 g/mol. The summed E-state index contributed by atoms with van der Waals surface area (Å²) in [5.74, 6) is -1.14. The number of hydrogen-bond donors (Lipinski definition) is 1. The van der Waals surface area contributed by atoms with Gasteiger partial charge in [-0.15, -0.1) is 0 Å². The predicted octanol–water partition coefficient (Wildman–Crippen LogP) is 3.34. The van der Waals surface area contributed by atoms with Gasteiger partial charge in [0, 0.05) is 17.8 Å². The molecule has 1 rings (SSSR count). The van der Waals surface area contributed by atoms with Gasteiger partial charge in [-0.2, -0.15) is 0 Å². The van der Waals surface area contributed by atoms with Crippen LogP contribution in [0.1, 0.15) is 13.8 Å². The molecule has 0 heterocycles. The molecule has 3 heteroatoms. The van der Waals surface area contributed by atoms with Crippen LogP contribution in [-0.4, -0.2) is 6.04 Å². The lowest BCUT2D eigenvalue weighted by atomic mass is 10.2. The van der Waals surface area contributed by atoms with Gasteiger partial charge in [-0.1, -0.05) is 12.2 Å². The van der Waals surface area contributed by atoms with E-state index >= 15 is 0 Å². The SMILES string of the molecule is C/C=C/C(C)Nc1cc(F)cc(F)c1. The van der Waals surface area contributed by atoms with Gasteiger partial charge in [-0.3, -0.25) is 0 Å². The van der Waals surface area contributed by atoms with Crippen LogP contribution in [-0.2, 0) is 0 Å². The Morgan fingerprint density at radius 1 is 1.21 bits per heavy atom. The molecule has 0 saturated carbocycles. The van der Waals surface area contributed by atoms with Crippen LogP contribution in [0.4, 0.5) is 14.5 Å². The van der Waals surface area contributed by atoms with Gasteiger partial charge in [0.05, 0.1) is 0 Å². The highest BCUT2D eigenvalue weighted by molar-refractivity contribution is 5.45. The first kappa shape index (κ1) is 10.7. The average molecular weight is 197 g/mol. The lowest BCUT2D eigenvalue weighted by molar-refractivity contribution is 0.584. The van der Waals surface area contributed by atoms with Gasteiger partial charge in [-0.25, -0.2) is 8.78 Å². The molecule has 14 heavy (non-hydrogen) atoms. The van der Waals surface area contributed by atoms with E-state index in [1.54, 1.807) is 0 Å². The Kier molecular flexibility index (Phi) is 3.63. The van der Waals surface area contributed by atoms with Crippen LogP contribution in [0.5, 0.6) is 0 Å². The third kappa shape index (κ3) is 3.17. The summed E-state index contributed by atoms with van der Waals surface area (Å²) < 4.78 is 25.5. The van der Waals surface area contributed by atoms with E-state index in [9.17, 15) is 8.78 Å². The van der Waals surface area contributed by atoms with E-state index in [0.29, 0.717) is 5.69 Å². The Bertz CT molecular complexity index is 314. The minimum atomic E-state index is -0.569. The Morgan fingerprint density at radius 2 is 1.79 bits per heavy atom. The maximum absolute atomic E-state index is 12.8. The van der Waals surface area contributed by atoms with Crippen molar-refractivity contribution in [2.75, 3.05) is 5.32 Å². The minimum absolute atomic E-state index is 0.0567. The molecule has 0 aliphatic carbocycles. The monoisotopic (exact) mass is 197 g/mol. The third-order valence-electron chi connectivity index (χ3n) is 1.74. The summed E-state index contributed by atoms with van der Waals surface area (Å²) in [4.78, 5) is 0. The molecule has 1 N–H and O–H groups in total. The minimum Gasteiger partial charge on any atom is -0.379 e. The molecule has 0 aliphatic rings. The van der Waals surface area contributed by atoms with E-state index in [-0.39, 0.29) is 6.04 Å². The van der Waals surface area contributed by atoms with Gasteiger partial charge in [0.2, 0.25) is 0 Å².